The van der Waals surface area contributed by atoms with Gasteiger partial charge in [0.15, 0.2) is 0 Å². The summed E-state index contributed by atoms with van der Waals surface area (Å²) in [5, 5.41) is 0. The molecule has 16 heavy (non-hydrogen) atoms. The van der Waals surface area contributed by atoms with E-state index in [4.69, 9.17) is 0 Å². The third-order valence-corrected chi connectivity index (χ3v) is 6.18. The molecule has 88 valence electrons. The van der Waals surface area contributed by atoms with Crippen LogP contribution in [0, 0.1) is 47.3 Å². The van der Waals surface area contributed by atoms with Gasteiger partial charge in [0, 0.05) is 0 Å². The van der Waals surface area contributed by atoms with E-state index in [0.29, 0.717) is 0 Å². The Bertz CT molecular complexity index is 327. The van der Waals surface area contributed by atoms with Crippen LogP contribution in [0.4, 0.5) is 0 Å². The van der Waals surface area contributed by atoms with Crippen molar-refractivity contribution in [1.29, 1.82) is 0 Å². The van der Waals surface area contributed by atoms with E-state index >= 15 is 0 Å². The van der Waals surface area contributed by atoms with Gasteiger partial charge in [0.1, 0.15) is 0 Å². The van der Waals surface area contributed by atoms with Gasteiger partial charge in [-0.1, -0.05) is 26.0 Å². The van der Waals surface area contributed by atoms with Gasteiger partial charge >= 0.3 is 0 Å². The third kappa shape index (κ3) is 1.11. The minimum atomic E-state index is 0.914. The molecule has 4 bridgehead atoms. The molecular formula is C16H24. The maximum Gasteiger partial charge on any atom is -0.0194 e. The van der Waals surface area contributed by atoms with E-state index in [2.05, 4.69) is 26.0 Å². The molecule has 4 aliphatic carbocycles. The first-order valence-corrected chi connectivity index (χ1v) is 7.42. The van der Waals surface area contributed by atoms with Crippen LogP contribution in [0.25, 0.3) is 0 Å². The molecule has 0 radical (unpaired) electrons. The van der Waals surface area contributed by atoms with Crippen molar-refractivity contribution in [2.24, 2.45) is 47.3 Å². The highest BCUT2D eigenvalue weighted by atomic mass is 14.6. The number of allylic oxidation sites excluding steroid dienone is 2. The molecule has 0 saturated heterocycles. The fraction of sp³-hybridized carbons (Fsp3) is 0.875. The Labute approximate surface area is 99.5 Å². The number of hydrogen-bond donors (Lipinski definition) is 0. The third-order valence-electron chi connectivity index (χ3n) is 6.18. The standard InChI is InChI=1S/C16H24/c1-9(2)5-12-7-13-8-14(12)16-11-4-3-10(6-11)15(13)16/h3-4,9-16H,5-8H2,1-2H3. The highest BCUT2D eigenvalue weighted by Gasteiger charge is 2.60. The van der Waals surface area contributed by atoms with Crippen LogP contribution in [0.2, 0.25) is 0 Å². The van der Waals surface area contributed by atoms with Crippen molar-refractivity contribution >= 4 is 0 Å². The van der Waals surface area contributed by atoms with Gasteiger partial charge < -0.3 is 0 Å². The van der Waals surface area contributed by atoms with Crippen molar-refractivity contribution in [3.05, 3.63) is 12.2 Å². The lowest BCUT2D eigenvalue weighted by molar-refractivity contribution is 0.135. The van der Waals surface area contributed by atoms with Gasteiger partial charge in [0.25, 0.3) is 0 Å². The molecule has 3 saturated carbocycles. The minimum absolute atomic E-state index is 0.914. The van der Waals surface area contributed by atoms with Crippen molar-refractivity contribution in [2.75, 3.05) is 0 Å². The summed E-state index contributed by atoms with van der Waals surface area (Å²) >= 11 is 0. The monoisotopic (exact) mass is 216 g/mol. The molecule has 4 rings (SSSR count). The van der Waals surface area contributed by atoms with Gasteiger partial charge in [-0.2, -0.15) is 0 Å². The Morgan fingerprint density at radius 1 is 1.00 bits per heavy atom. The molecular weight excluding hydrogens is 192 g/mol. The van der Waals surface area contributed by atoms with Crippen LogP contribution >= 0.6 is 0 Å². The molecule has 0 aromatic rings. The summed E-state index contributed by atoms with van der Waals surface area (Å²) in [5.41, 5.74) is 0. The van der Waals surface area contributed by atoms with Gasteiger partial charge in [0.05, 0.1) is 0 Å². The highest BCUT2D eigenvalue weighted by molar-refractivity contribution is 5.20. The average molecular weight is 216 g/mol. The SMILES string of the molecule is CC(C)CC1CC2CC1C1C3C=CC(C3)C21. The second-order valence-corrected chi connectivity index (χ2v) is 7.39. The fourth-order valence-corrected chi connectivity index (χ4v) is 6.03. The zero-order valence-corrected chi connectivity index (χ0v) is 10.6. The highest BCUT2D eigenvalue weighted by Crippen LogP contribution is 2.67. The average Bonchev–Trinajstić information content (AvgIpc) is 2.93. The number of fused-ring (bicyclic) bond motifs is 9. The molecule has 7 unspecified atom stereocenters. The van der Waals surface area contributed by atoms with Gasteiger partial charge in [-0.05, 0) is 73.0 Å². The van der Waals surface area contributed by atoms with Crippen molar-refractivity contribution < 1.29 is 0 Å². The summed E-state index contributed by atoms with van der Waals surface area (Å²) < 4.78 is 0. The smallest absolute Gasteiger partial charge is 0.0194 e. The summed E-state index contributed by atoms with van der Waals surface area (Å²) in [6.45, 7) is 4.81. The van der Waals surface area contributed by atoms with Gasteiger partial charge in [0.2, 0.25) is 0 Å². The largest absolute Gasteiger partial charge is 0.0848 e. The van der Waals surface area contributed by atoms with Crippen LogP contribution in [-0.2, 0) is 0 Å². The van der Waals surface area contributed by atoms with Gasteiger partial charge in [-0.3, -0.25) is 0 Å². The second kappa shape index (κ2) is 3.15. The van der Waals surface area contributed by atoms with Gasteiger partial charge in [-0.25, -0.2) is 0 Å². The van der Waals surface area contributed by atoms with Crippen molar-refractivity contribution in [2.45, 2.75) is 39.5 Å². The number of hydrogen-bond acceptors (Lipinski definition) is 0. The quantitative estimate of drug-likeness (QED) is 0.481. The molecule has 0 aromatic carbocycles. The Kier molecular flexibility index (Phi) is 1.91. The predicted octanol–water partition coefficient (Wildman–Crippen LogP) is 4.13. The molecule has 0 spiro atoms. The Balaban J connectivity index is 1.59. The Morgan fingerprint density at radius 3 is 2.50 bits per heavy atom. The summed E-state index contributed by atoms with van der Waals surface area (Å²) in [6.07, 6.45) is 11.3. The normalized spacial score (nSPS) is 56.6. The Morgan fingerprint density at radius 2 is 1.75 bits per heavy atom. The first kappa shape index (κ1) is 9.74. The van der Waals surface area contributed by atoms with Crippen molar-refractivity contribution in [3.8, 4) is 0 Å². The van der Waals surface area contributed by atoms with E-state index in [1.165, 1.54) is 12.8 Å². The first-order chi connectivity index (χ1) is 7.74. The van der Waals surface area contributed by atoms with Crippen molar-refractivity contribution in [1.82, 2.24) is 0 Å². The van der Waals surface area contributed by atoms with Crippen LogP contribution < -0.4 is 0 Å². The molecule has 7 atom stereocenters. The lowest BCUT2D eigenvalue weighted by Crippen LogP contribution is -2.31. The first-order valence-electron chi connectivity index (χ1n) is 7.42. The van der Waals surface area contributed by atoms with E-state index in [1.807, 2.05) is 0 Å². The van der Waals surface area contributed by atoms with Crippen LogP contribution in [0.5, 0.6) is 0 Å². The zero-order valence-electron chi connectivity index (χ0n) is 10.6. The van der Waals surface area contributed by atoms with E-state index in [9.17, 15) is 0 Å². The van der Waals surface area contributed by atoms with E-state index in [1.54, 1.807) is 12.8 Å². The predicted molar refractivity (Wildman–Crippen MR) is 66.9 cm³/mol. The van der Waals surface area contributed by atoms with Crippen molar-refractivity contribution in [3.63, 3.8) is 0 Å². The zero-order chi connectivity index (χ0) is 10.9. The minimum Gasteiger partial charge on any atom is -0.0848 e. The molecule has 0 aliphatic heterocycles. The van der Waals surface area contributed by atoms with E-state index < -0.39 is 0 Å². The lowest BCUT2D eigenvalue weighted by Gasteiger charge is -2.37. The molecule has 0 nitrogen and oxygen atoms in total. The van der Waals surface area contributed by atoms with E-state index in [0.717, 1.165) is 47.3 Å². The van der Waals surface area contributed by atoms with Crippen LogP contribution in [0.1, 0.15) is 39.5 Å². The van der Waals surface area contributed by atoms with Crippen LogP contribution in [0.3, 0.4) is 0 Å². The number of rotatable bonds is 2. The molecule has 0 amide bonds. The summed E-state index contributed by atoms with van der Waals surface area (Å²) in [5.74, 6) is 8.51. The maximum atomic E-state index is 2.57. The maximum absolute atomic E-state index is 2.57. The summed E-state index contributed by atoms with van der Waals surface area (Å²) in [4.78, 5) is 0. The molecule has 0 aromatic heterocycles. The topological polar surface area (TPSA) is 0 Å². The fourth-order valence-electron chi connectivity index (χ4n) is 6.03. The molecule has 0 heteroatoms. The summed E-state index contributed by atoms with van der Waals surface area (Å²) in [6, 6.07) is 0. The lowest BCUT2D eigenvalue weighted by atomic mass is 9.68. The van der Waals surface area contributed by atoms with E-state index in [-0.39, 0.29) is 0 Å². The molecule has 0 N–H and O–H groups in total. The molecule has 4 aliphatic rings. The molecule has 0 heterocycles. The van der Waals surface area contributed by atoms with Gasteiger partial charge in [-0.15, -0.1) is 0 Å². The Hall–Kier alpha value is -0.260. The summed E-state index contributed by atoms with van der Waals surface area (Å²) in [7, 11) is 0. The van der Waals surface area contributed by atoms with Crippen LogP contribution in [0.15, 0.2) is 12.2 Å². The van der Waals surface area contributed by atoms with Crippen LogP contribution in [-0.4, -0.2) is 0 Å². The molecule has 3 fully saturated rings. The second-order valence-electron chi connectivity index (χ2n) is 7.39.